The summed E-state index contributed by atoms with van der Waals surface area (Å²) in [4.78, 5) is 11.7. The highest BCUT2D eigenvalue weighted by molar-refractivity contribution is 5.94. The lowest BCUT2D eigenvalue weighted by molar-refractivity contribution is -0.0413. The standard InChI is InChI=1S/C22H27N5O4/c1-14-13-30-11-9-26(14)18-12-16(22(28)29)15-5-7-23-21(20(15)25-18)17-6-8-24-27(17)19-4-2-3-10-31-19/h5-8,12,14,19,22,28-29H,2-4,9-11,13H2,1H3/t14-,19?/m1/s1. The van der Waals surface area contributed by atoms with Crippen LogP contribution in [0.4, 0.5) is 5.82 Å². The van der Waals surface area contributed by atoms with E-state index in [-0.39, 0.29) is 12.3 Å². The van der Waals surface area contributed by atoms with Gasteiger partial charge < -0.3 is 24.6 Å². The second-order valence-electron chi connectivity index (χ2n) is 8.10. The minimum Gasteiger partial charge on any atom is -0.377 e. The van der Waals surface area contributed by atoms with Crippen molar-refractivity contribution in [3.63, 3.8) is 0 Å². The molecule has 0 aromatic carbocycles. The largest absolute Gasteiger partial charge is 0.377 e. The van der Waals surface area contributed by atoms with Gasteiger partial charge in [0.1, 0.15) is 17.0 Å². The van der Waals surface area contributed by atoms with Crippen LogP contribution in [0.5, 0.6) is 0 Å². The first-order chi connectivity index (χ1) is 15.1. The predicted molar refractivity (Wildman–Crippen MR) is 114 cm³/mol. The number of aliphatic hydroxyl groups excluding tert-OH is 1. The molecule has 0 aliphatic carbocycles. The number of morpholine rings is 1. The van der Waals surface area contributed by atoms with Gasteiger partial charge >= 0.3 is 0 Å². The molecule has 2 fully saturated rings. The molecule has 31 heavy (non-hydrogen) atoms. The molecule has 0 saturated carbocycles. The Kier molecular flexibility index (Phi) is 5.58. The summed E-state index contributed by atoms with van der Waals surface area (Å²) in [6.45, 7) is 4.67. The SMILES string of the molecule is C[C@@H]1COCCN1c1cc(C(O)O)c2ccnc(-c3ccnn3C3CCCCO3)c2n1. The van der Waals surface area contributed by atoms with E-state index in [1.165, 1.54) is 0 Å². The molecule has 0 radical (unpaired) electrons. The van der Waals surface area contributed by atoms with Gasteiger partial charge in [-0.1, -0.05) is 0 Å². The molecule has 9 nitrogen and oxygen atoms in total. The Morgan fingerprint density at radius 2 is 2.06 bits per heavy atom. The summed E-state index contributed by atoms with van der Waals surface area (Å²) in [5, 5.41) is 25.4. The van der Waals surface area contributed by atoms with Crippen molar-refractivity contribution in [1.82, 2.24) is 19.7 Å². The molecular weight excluding hydrogens is 398 g/mol. The van der Waals surface area contributed by atoms with Crippen LogP contribution < -0.4 is 4.90 Å². The number of aromatic nitrogens is 4. The highest BCUT2D eigenvalue weighted by atomic mass is 16.5. The molecule has 0 spiro atoms. The summed E-state index contributed by atoms with van der Waals surface area (Å²) in [6, 6.07) is 5.55. The van der Waals surface area contributed by atoms with Crippen LogP contribution in [0.3, 0.4) is 0 Å². The van der Waals surface area contributed by atoms with E-state index < -0.39 is 6.29 Å². The van der Waals surface area contributed by atoms with Crippen molar-refractivity contribution in [2.24, 2.45) is 0 Å². The van der Waals surface area contributed by atoms with E-state index in [1.807, 2.05) is 10.7 Å². The molecule has 1 unspecified atom stereocenters. The number of anilines is 1. The van der Waals surface area contributed by atoms with Gasteiger partial charge in [-0.3, -0.25) is 4.98 Å². The van der Waals surface area contributed by atoms with E-state index in [1.54, 1.807) is 24.5 Å². The zero-order valence-electron chi connectivity index (χ0n) is 17.5. The molecule has 2 aliphatic heterocycles. The monoisotopic (exact) mass is 425 g/mol. The number of hydrogen-bond acceptors (Lipinski definition) is 8. The van der Waals surface area contributed by atoms with Crippen molar-refractivity contribution in [2.75, 3.05) is 31.3 Å². The minimum absolute atomic E-state index is 0.128. The summed E-state index contributed by atoms with van der Waals surface area (Å²) >= 11 is 0. The minimum atomic E-state index is -1.62. The third kappa shape index (κ3) is 3.78. The Bertz CT molecular complexity index is 1060. The number of fused-ring (bicyclic) bond motifs is 1. The van der Waals surface area contributed by atoms with Gasteiger partial charge in [-0.25, -0.2) is 9.67 Å². The molecular formula is C22H27N5O4. The Morgan fingerprint density at radius 3 is 2.84 bits per heavy atom. The molecule has 2 atom stereocenters. The lowest BCUT2D eigenvalue weighted by Crippen LogP contribution is -2.44. The third-order valence-corrected chi connectivity index (χ3v) is 6.03. The number of hydrogen-bond donors (Lipinski definition) is 2. The molecule has 3 aromatic heterocycles. The zero-order chi connectivity index (χ0) is 21.4. The Hall–Kier alpha value is -2.59. The maximum Gasteiger partial charge on any atom is 0.179 e. The van der Waals surface area contributed by atoms with Crippen molar-refractivity contribution in [1.29, 1.82) is 0 Å². The summed E-state index contributed by atoms with van der Waals surface area (Å²) in [5.41, 5.74) is 2.46. The van der Waals surface area contributed by atoms with Gasteiger partial charge in [0, 0.05) is 36.5 Å². The fraction of sp³-hybridized carbons (Fsp3) is 0.500. The van der Waals surface area contributed by atoms with E-state index in [0.29, 0.717) is 54.3 Å². The molecule has 3 aromatic rings. The number of rotatable bonds is 4. The van der Waals surface area contributed by atoms with Crippen molar-refractivity contribution in [3.05, 3.63) is 36.2 Å². The van der Waals surface area contributed by atoms with Gasteiger partial charge in [0.2, 0.25) is 0 Å². The number of aliphatic hydroxyl groups is 2. The van der Waals surface area contributed by atoms with Gasteiger partial charge in [0.15, 0.2) is 12.5 Å². The maximum absolute atomic E-state index is 10.1. The number of pyridine rings is 2. The average molecular weight is 425 g/mol. The topological polar surface area (TPSA) is 106 Å². The van der Waals surface area contributed by atoms with Gasteiger partial charge in [0.25, 0.3) is 0 Å². The second kappa shape index (κ2) is 8.51. The fourth-order valence-corrected chi connectivity index (χ4v) is 4.43. The van der Waals surface area contributed by atoms with Crippen LogP contribution >= 0.6 is 0 Å². The van der Waals surface area contributed by atoms with E-state index >= 15 is 0 Å². The van der Waals surface area contributed by atoms with Gasteiger partial charge in [-0.15, -0.1) is 0 Å². The van der Waals surface area contributed by atoms with Crippen LogP contribution in [0, 0.1) is 0 Å². The van der Waals surface area contributed by atoms with Gasteiger partial charge in [-0.05, 0) is 44.4 Å². The molecule has 0 bridgehead atoms. The Morgan fingerprint density at radius 1 is 1.16 bits per heavy atom. The van der Waals surface area contributed by atoms with Crippen molar-refractivity contribution >= 4 is 16.7 Å². The first-order valence-electron chi connectivity index (χ1n) is 10.8. The lowest BCUT2D eigenvalue weighted by Gasteiger charge is -2.34. The second-order valence-corrected chi connectivity index (χ2v) is 8.10. The van der Waals surface area contributed by atoms with Crippen molar-refractivity contribution < 1.29 is 19.7 Å². The van der Waals surface area contributed by atoms with E-state index in [2.05, 4.69) is 21.9 Å². The van der Waals surface area contributed by atoms with E-state index in [4.69, 9.17) is 14.5 Å². The van der Waals surface area contributed by atoms with Crippen molar-refractivity contribution in [3.8, 4) is 11.4 Å². The van der Waals surface area contributed by atoms with Crippen LogP contribution in [0.1, 0.15) is 44.3 Å². The summed E-state index contributed by atoms with van der Waals surface area (Å²) in [6.07, 6.45) is 4.68. The lowest BCUT2D eigenvalue weighted by atomic mass is 10.1. The van der Waals surface area contributed by atoms with Crippen LogP contribution in [-0.2, 0) is 9.47 Å². The first kappa shape index (κ1) is 20.3. The molecule has 9 heteroatoms. The maximum atomic E-state index is 10.1. The molecule has 2 aliphatic rings. The number of ether oxygens (including phenoxy) is 2. The van der Waals surface area contributed by atoms with Gasteiger partial charge in [0.05, 0.1) is 24.9 Å². The Labute approximate surface area is 180 Å². The summed E-state index contributed by atoms with van der Waals surface area (Å²) in [5.74, 6) is 0.681. The molecule has 5 rings (SSSR count). The molecule has 0 amide bonds. The van der Waals surface area contributed by atoms with Gasteiger partial charge in [-0.2, -0.15) is 5.10 Å². The van der Waals surface area contributed by atoms with Crippen molar-refractivity contribution in [2.45, 2.75) is 44.7 Å². The van der Waals surface area contributed by atoms with Crippen LogP contribution in [0.2, 0.25) is 0 Å². The van der Waals surface area contributed by atoms with E-state index in [0.717, 1.165) is 25.0 Å². The fourth-order valence-electron chi connectivity index (χ4n) is 4.43. The summed E-state index contributed by atoms with van der Waals surface area (Å²) in [7, 11) is 0. The molecule has 2 saturated heterocycles. The third-order valence-electron chi connectivity index (χ3n) is 6.03. The highest BCUT2D eigenvalue weighted by Gasteiger charge is 2.26. The predicted octanol–water partition coefficient (Wildman–Crippen LogP) is 2.40. The average Bonchev–Trinajstić information content (AvgIpc) is 3.28. The van der Waals surface area contributed by atoms with E-state index in [9.17, 15) is 10.2 Å². The van der Waals surface area contributed by atoms with Crippen LogP contribution in [0.15, 0.2) is 30.6 Å². The van der Waals surface area contributed by atoms with Crippen LogP contribution in [-0.4, -0.2) is 62.4 Å². The molecule has 2 N–H and O–H groups in total. The smallest absolute Gasteiger partial charge is 0.179 e. The van der Waals surface area contributed by atoms with Crippen LogP contribution in [0.25, 0.3) is 22.3 Å². The molecule has 5 heterocycles. The Balaban J connectivity index is 1.67. The highest BCUT2D eigenvalue weighted by Crippen LogP contribution is 2.34. The normalized spacial score (nSPS) is 22.4. The quantitative estimate of drug-likeness (QED) is 0.614. The number of nitrogens with zero attached hydrogens (tertiary/aromatic N) is 5. The molecule has 164 valence electrons. The first-order valence-corrected chi connectivity index (χ1v) is 10.8. The summed E-state index contributed by atoms with van der Waals surface area (Å²) < 4.78 is 13.4. The zero-order valence-corrected chi connectivity index (χ0v) is 17.5.